The Morgan fingerprint density at radius 3 is 2.65 bits per heavy atom. The van der Waals surface area contributed by atoms with E-state index in [-0.39, 0.29) is 17.4 Å². The Bertz CT molecular complexity index is 700. The first-order valence-corrected chi connectivity index (χ1v) is 10.5. The standard InChI is InChI=1S/C15H20N2O4S2/c18-14(11-6-7-23(20,21)9-11)16-17-15(19)13-8-10-4-2-1-3-5-12(10)22-13/h8,11H,1-7,9H2,(H,16,18)(H,17,19). The third kappa shape index (κ3) is 3.92. The number of aryl methyl sites for hydroxylation is 2. The summed E-state index contributed by atoms with van der Waals surface area (Å²) in [5.74, 6) is -1.44. The lowest BCUT2D eigenvalue weighted by Crippen LogP contribution is -2.44. The van der Waals surface area contributed by atoms with Crippen LogP contribution in [0.15, 0.2) is 6.07 Å². The van der Waals surface area contributed by atoms with Crippen LogP contribution in [0.25, 0.3) is 0 Å². The van der Waals surface area contributed by atoms with E-state index in [2.05, 4.69) is 10.9 Å². The van der Waals surface area contributed by atoms with Crippen LogP contribution < -0.4 is 10.9 Å². The van der Waals surface area contributed by atoms with E-state index in [0.29, 0.717) is 11.3 Å². The molecular formula is C15H20N2O4S2. The van der Waals surface area contributed by atoms with E-state index >= 15 is 0 Å². The lowest BCUT2D eigenvalue weighted by molar-refractivity contribution is -0.125. The van der Waals surface area contributed by atoms with Crippen molar-refractivity contribution in [1.82, 2.24) is 10.9 Å². The number of carbonyl (C=O) groups excluding carboxylic acids is 2. The molecule has 0 bridgehead atoms. The van der Waals surface area contributed by atoms with Crippen LogP contribution >= 0.6 is 11.3 Å². The summed E-state index contributed by atoms with van der Waals surface area (Å²) in [5.41, 5.74) is 6.00. The van der Waals surface area contributed by atoms with E-state index in [4.69, 9.17) is 0 Å². The molecule has 0 radical (unpaired) electrons. The van der Waals surface area contributed by atoms with Crippen molar-refractivity contribution in [3.05, 3.63) is 21.4 Å². The van der Waals surface area contributed by atoms with Gasteiger partial charge >= 0.3 is 0 Å². The Labute approximate surface area is 139 Å². The molecule has 2 amide bonds. The first-order valence-electron chi connectivity index (χ1n) is 7.87. The van der Waals surface area contributed by atoms with Crippen LogP contribution in [0.3, 0.4) is 0 Å². The molecule has 1 aliphatic heterocycles. The Morgan fingerprint density at radius 1 is 1.13 bits per heavy atom. The molecule has 2 heterocycles. The van der Waals surface area contributed by atoms with Crippen molar-refractivity contribution in [3.8, 4) is 0 Å². The molecular weight excluding hydrogens is 336 g/mol. The molecule has 8 heteroatoms. The van der Waals surface area contributed by atoms with E-state index in [1.165, 1.54) is 28.2 Å². The largest absolute Gasteiger partial charge is 0.279 e. The minimum absolute atomic E-state index is 0.0384. The second kappa shape index (κ2) is 6.60. The Morgan fingerprint density at radius 2 is 1.91 bits per heavy atom. The lowest BCUT2D eigenvalue weighted by atomic mass is 10.1. The zero-order valence-electron chi connectivity index (χ0n) is 12.8. The molecule has 1 aromatic rings. The average Bonchev–Trinajstić information content (AvgIpc) is 3.01. The third-order valence-electron chi connectivity index (χ3n) is 4.37. The van der Waals surface area contributed by atoms with Crippen molar-refractivity contribution >= 4 is 33.0 Å². The smallest absolute Gasteiger partial charge is 0.273 e. The Kier molecular flexibility index (Phi) is 4.72. The topological polar surface area (TPSA) is 92.3 Å². The van der Waals surface area contributed by atoms with Crippen molar-refractivity contribution in [2.75, 3.05) is 11.5 Å². The molecule has 126 valence electrons. The van der Waals surface area contributed by atoms with E-state index < -0.39 is 21.7 Å². The lowest BCUT2D eigenvalue weighted by Gasteiger charge is -2.09. The summed E-state index contributed by atoms with van der Waals surface area (Å²) in [4.78, 5) is 25.9. The molecule has 0 spiro atoms. The number of carbonyl (C=O) groups is 2. The highest BCUT2D eigenvalue weighted by atomic mass is 32.2. The number of amides is 2. The SMILES string of the molecule is O=C(NNC(=O)C1CCS(=O)(=O)C1)c1cc2c(s1)CCCCC2. The van der Waals surface area contributed by atoms with Gasteiger partial charge in [0.1, 0.15) is 0 Å². The molecule has 6 nitrogen and oxygen atoms in total. The Balaban J connectivity index is 1.56. The number of hydrogen-bond donors (Lipinski definition) is 2. The summed E-state index contributed by atoms with van der Waals surface area (Å²) in [6, 6.07) is 1.91. The monoisotopic (exact) mass is 356 g/mol. The number of sulfone groups is 1. The molecule has 1 fully saturated rings. The number of hydrogen-bond acceptors (Lipinski definition) is 5. The molecule has 3 rings (SSSR count). The van der Waals surface area contributed by atoms with Gasteiger partial charge in [-0.3, -0.25) is 20.4 Å². The molecule has 2 N–H and O–H groups in total. The highest BCUT2D eigenvalue weighted by molar-refractivity contribution is 7.91. The van der Waals surface area contributed by atoms with Crippen molar-refractivity contribution < 1.29 is 18.0 Å². The molecule has 0 aromatic carbocycles. The molecule has 1 saturated heterocycles. The Hall–Kier alpha value is -1.41. The predicted molar refractivity (Wildman–Crippen MR) is 87.9 cm³/mol. The second-order valence-corrected chi connectivity index (χ2v) is 9.53. The third-order valence-corrected chi connectivity index (χ3v) is 7.38. The summed E-state index contributed by atoms with van der Waals surface area (Å²) in [5, 5.41) is 0. The van der Waals surface area contributed by atoms with Gasteiger partial charge in [0, 0.05) is 4.88 Å². The van der Waals surface area contributed by atoms with Gasteiger partial charge in [0.25, 0.3) is 5.91 Å². The summed E-state index contributed by atoms with van der Waals surface area (Å²) in [6.45, 7) is 0. The molecule has 1 aromatic heterocycles. The highest BCUT2D eigenvalue weighted by Crippen LogP contribution is 2.28. The van der Waals surface area contributed by atoms with E-state index in [1.807, 2.05) is 6.07 Å². The van der Waals surface area contributed by atoms with Crippen LogP contribution in [0, 0.1) is 5.92 Å². The van der Waals surface area contributed by atoms with Crippen LogP contribution in [0.4, 0.5) is 0 Å². The maximum absolute atomic E-state index is 12.2. The number of hydrazine groups is 1. The van der Waals surface area contributed by atoms with Gasteiger partial charge in [-0.25, -0.2) is 8.42 Å². The van der Waals surface area contributed by atoms with E-state index in [9.17, 15) is 18.0 Å². The summed E-state index contributed by atoms with van der Waals surface area (Å²) < 4.78 is 22.8. The maximum Gasteiger partial charge on any atom is 0.279 e. The minimum Gasteiger partial charge on any atom is -0.273 e. The van der Waals surface area contributed by atoms with E-state index in [0.717, 1.165) is 25.7 Å². The molecule has 2 aliphatic rings. The number of thiophene rings is 1. The molecule has 1 atom stereocenters. The molecule has 1 aliphatic carbocycles. The summed E-state index contributed by atoms with van der Waals surface area (Å²) in [7, 11) is -3.11. The van der Waals surface area contributed by atoms with Crippen molar-refractivity contribution in [1.29, 1.82) is 0 Å². The van der Waals surface area contributed by atoms with Crippen LogP contribution in [-0.2, 0) is 27.5 Å². The number of fused-ring (bicyclic) bond motifs is 1. The minimum atomic E-state index is -3.11. The average molecular weight is 356 g/mol. The fraction of sp³-hybridized carbons (Fsp3) is 0.600. The number of rotatable bonds is 2. The van der Waals surface area contributed by atoms with Gasteiger partial charge in [-0.1, -0.05) is 6.42 Å². The highest BCUT2D eigenvalue weighted by Gasteiger charge is 2.33. The van der Waals surface area contributed by atoms with Crippen LogP contribution in [-0.4, -0.2) is 31.7 Å². The van der Waals surface area contributed by atoms with Crippen LogP contribution in [0.2, 0.25) is 0 Å². The first-order chi connectivity index (χ1) is 10.9. The van der Waals surface area contributed by atoms with Crippen molar-refractivity contribution in [2.24, 2.45) is 5.92 Å². The molecule has 0 saturated carbocycles. The van der Waals surface area contributed by atoms with Crippen molar-refractivity contribution in [2.45, 2.75) is 38.5 Å². The van der Waals surface area contributed by atoms with Gasteiger partial charge in [-0.05, 0) is 43.7 Å². The summed E-state index contributed by atoms with van der Waals surface area (Å²) >= 11 is 1.48. The fourth-order valence-corrected chi connectivity index (χ4v) is 5.95. The van der Waals surface area contributed by atoms with Gasteiger partial charge in [0.15, 0.2) is 9.84 Å². The number of nitrogens with one attached hydrogen (secondary N) is 2. The van der Waals surface area contributed by atoms with Gasteiger partial charge in [0.05, 0.1) is 22.3 Å². The molecule has 1 unspecified atom stereocenters. The zero-order valence-corrected chi connectivity index (χ0v) is 14.4. The van der Waals surface area contributed by atoms with Gasteiger partial charge < -0.3 is 0 Å². The van der Waals surface area contributed by atoms with Gasteiger partial charge in [-0.15, -0.1) is 11.3 Å². The van der Waals surface area contributed by atoms with Gasteiger partial charge in [0.2, 0.25) is 5.91 Å². The summed E-state index contributed by atoms with van der Waals surface area (Å²) in [6.07, 6.45) is 5.87. The van der Waals surface area contributed by atoms with Crippen LogP contribution in [0.5, 0.6) is 0 Å². The predicted octanol–water partition coefficient (Wildman–Crippen LogP) is 1.21. The molecule has 23 heavy (non-hydrogen) atoms. The second-order valence-electron chi connectivity index (χ2n) is 6.16. The van der Waals surface area contributed by atoms with Crippen LogP contribution in [0.1, 0.15) is 45.8 Å². The van der Waals surface area contributed by atoms with Crippen molar-refractivity contribution in [3.63, 3.8) is 0 Å². The zero-order chi connectivity index (χ0) is 16.4. The van der Waals surface area contributed by atoms with Gasteiger partial charge in [-0.2, -0.15) is 0 Å². The normalized spacial score (nSPS) is 22.9. The first kappa shape index (κ1) is 16.4. The quantitative estimate of drug-likeness (QED) is 0.615. The maximum atomic E-state index is 12.2. The fourth-order valence-electron chi connectivity index (χ4n) is 3.06. The van der Waals surface area contributed by atoms with E-state index in [1.54, 1.807) is 0 Å².